The highest BCUT2D eigenvalue weighted by Crippen LogP contribution is 2.27. The van der Waals surface area contributed by atoms with Crippen LogP contribution in [-0.2, 0) is 18.3 Å². The van der Waals surface area contributed by atoms with Crippen molar-refractivity contribution >= 4 is 45.5 Å². The normalized spacial score (nSPS) is 11.0. The SMILES string of the molecule is CCc1cc(-c2nnc(SCC(=O)Nc3nnc(C)s3)n2C)cs1. The van der Waals surface area contributed by atoms with Gasteiger partial charge in [0, 0.05) is 22.9 Å². The lowest BCUT2D eigenvalue weighted by atomic mass is 10.2. The number of hydrogen-bond donors (Lipinski definition) is 1. The first-order valence-corrected chi connectivity index (χ1v) is 9.95. The number of amides is 1. The molecule has 0 aromatic carbocycles. The van der Waals surface area contributed by atoms with E-state index in [0.717, 1.165) is 22.8 Å². The van der Waals surface area contributed by atoms with Gasteiger partial charge in [0.25, 0.3) is 0 Å². The summed E-state index contributed by atoms with van der Waals surface area (Å²) in [7, 11) is 1.91. The molecule has 7 nitrogen and oxygen atoms in total. The molecule has 3 aromatic rings. The summed E-state index contributed by atoms with van der Waals surface area (Å²) in [5.41, 5.74) is 1.06. The summed E-state index contributed by atoms with van der Waals surface area (Å²) < 4.78 is 1.91. The fourth-order valence-electron chi connectivity index (χ4n) is 2.01. The molecule has 0 aliphatic rings. The minimum Gasteiger partial charge on any atom is -0.305 e. The number of anilines is 1. The Morgan fingerprint density at radius 1 is 1.33 bits per heavy atom. The van der Waals surface area contributed by atoms with Crippen LogP contribution >= 0.6 is 34.4 Å². The Labute approximate surface area is 151 Å². The summed E-state index contributed by atoms with van der Waals surface area (Å²) in [5.74, 6) is 0.923. The summed E-state index contributed by atoms with van der Waals surface area (Å²) in [5, 5.41) is 23.0. The molecule has 10 heteroatoms. The highest BCUT2D eigenvalue weighted by atomic mass is 32.2. The highest BCUT2D eigenvalue weighted by Gasteiger charge is 2.14. The van der Waals surface area contributed by atoms with Crippen molar-refractivity contribution in [1.29, 1.82) is 0 Å². The van der Waals surface area contributed by atoms with Gasteiger partial charge in [0.1, 0.15) is 5.01 Å². The number of aromatic nitrogens is 5. The third-order valence-electron chi connectivity index (χ3n) is 3.20. The van der Waals surface area contributed by atoms with E-state index in [9.17, 15) is 4.79 Å². The molecule has 126 valence electrons. The molecule has 0 saturated heterocycles. The third kappa shape index (κ3) is 3.82. The predicted octanol–water partition coefficient (Wildman–Crippen LogP) is 3.00. The molecule has 3 heterocycles. The van der Waals surface area contributed by atoms with Crippen molar-refractivity contribution in [3.05, 3.63) is 21.3 Å². The van der Waals surface area contributed by atoms with Crippen LogP contribution in [0.1, 0.15) is 16.8 Å². The number of nitrogens with zero attached hydrogens (tertiary/aromatic N) is 5. The summed E-state index contributed by atoms with van der Waals surface area (Å²) >= 11 is 4.42. The van der Waals surface area contributed by atoms with Crippen LogP contribution in [0.25, 0.3) is 11.4 Å². The molecule has 0 fully saturated rings. The van der Waals surface area contributed by atoms with Gasteiger partial charge in [0.2, 0.25) is 11.0 Å². The first-order chi connectivity index (χ1) is 11.6. The Balaban J connectivity index is 1.62. The monoisotopic (exact) mass is 380 g/mol. The van der Waals surface area contributed by atoms with Gasteiger partial charge in [0.05, 0.1) is 5.75 Å². The van der Waals surface area contributed by atoms with Crippen LogP contribution in [0.5, 0.6) is 0 Å². The molecule has 0 bridgehead atoms. The maximum atomic E-state index is 12.0. The Morgan fingerprint density at radius 2 is 2.17 bits per heavy atom. The molecule has 3 aromatic heterocycles. The first-order valence-electron chi connectivity index (χ1n) is 7.26. The first kappa shape index (κ1) is 17.1. The van der Waals surface area contributed by atoms with Gasteiger partial charge < -0.3 is 4.57 Å². The zero-order chi connectivity index (χ0) is 17.1. The second-order valence-electron chi connectivity index (χ2n) is 4.98. The average molecular weight is 381 g/mol. The standard InChI is InChI=1S/C14H16N6OS3/c1-4-10-5-9(6-22-10)12-17-19-14(20(12)3)23-7-11(21)15-13-18-16-8(2)24-13/h5-6H,4,7H2,1-3H3,(H,15,18,21). The molecule has 0 spiro atoms. The molecule has 1 N–H and O–H groups in total. The van der Waals surface area contributed by atoms with Gasteiger partial charge in [-0.3, -0.25) is 10.1 Å². The van der Waals surface area contributed by atoms with Crippen molar-refractivity contribution < 1.29 is 4.79 Å². The average Bonchev–Trinajstić information content (AvgIpc) is 3.26. The molecule has 3 rings (SSSR count). The Bertz CT molecular complexity index is 852. The summed E-state index contributed by atoms with van der Waals surface area (Å²) in [4.78, 5) is 13.3. The lowest BCUT2D eigenvalue weighted by Gasteiger charge is -2.02. The predicted molar refractivity (Wildman–Crippen MR) is 97.7 cm³/mol. The molecular weight excluding hydrogens is 364 g/mol. The minimum absolute atomic E-state index is 0.135. The van der Waals surface area contributed by atoms with E-state index in [1.54, 1.807) is 11.3 Å². The summed E-state index contributed by atoms with van der Waals surface area (Å²) in [6.45, 7) is 3.98. The number of rotatable bonds is 6. The van der Waals surface area contributed by atoms with E-state index in [4.69, 9.17) is 0 Å². The van der Waals surface area contributed by atoms with E-state index in [2.05, 4.69) is 44.1 Å². The molecule has 0 saturated carbocycles. The van der Waals surface area contributed by atoms with Crippen molar-refractivity contribution in [2.45, 2.75) is 25.4 Å². The van der Waals surface area contributed by atoms with Crippen LogP contribution in [0, 0.1) is 6.92 Å². The van der Waals surface area contributed by atoms with Crippen LogP contribution in [0.2, 0.25) is 0 Å². The van der Waals surface area contributed by atoms with E-state index in [1.807, 2.05) is 18.5 Å². The highest BCUT2D eigenvalue weighted by molar-refractivity contribution is 7.99. The smallest absolute Gasteiger partial charge is 0.236 e. The van der Waals surface area contributed by atoms with E-state index < -0.39 is 0 Å². The van der Waals surface area contributed by atoms with Crippen molar-refractivity contribution in [3.8, 4) is 11.4 Å². The van der Waals surface area contributed by atoms with Gasteiger partial charge in [0.15, 0.2) is 11.0 Å². The van der Waals surface area contributed by atoms with Gasteiger partial charge in [-0.2, -0.15) is 0 Å². The molecule has 1 amide bonds. The lowest BCUT2D eigenvalue weighted by molar-refractivity contribution is -0.113. The van der Waals surface area contributed by atoms with Gasteiger partial charge >= 0.3 is 0 Å². The van der Waals surface area contributed by atoms with Crippen LogP contribution < -0.4 is 5.32 Å². The zero-order valence-electron chi connectivity index (χ0n) is 13.4. The molecule has 0 aliphatic heterocycles. The maximum Gasteiger partial charge on any atom is 0.236 e. The number of carbonyl (C=O) groups excluding carboxylic acids is 1. The van der Waals surface area contributed by atoms with Crippen molar-refractivity contribution in [1.82, 2.24) is 25.0 Å². The molecule has 24 heavy (non-hydrogen) atoms. The van der Waals surface area contributed by atoms with E-state index in [-0.39, 0.29) is 11.7 Å². The van der Waals surface area contributed by atoms with E-state index in [0.29, 0.717) is 10.3 Å². The third-order valence-corrected chi connectivity index (χ3v) is 6.06. The fourth-order valence-corrected chi connectivity index (χ4v) is 4.14. The van der Waals surface area contributed by atoms with Crippen molar-refractivity contribution in [2.24, 2.45) is 7.05 Å². The van der Waals surface area contributed by atoms with Gasteiger partial charge in [-0.25, -0.2) is 0 Å². The molecule has 0 atom stereocenters. The minimum atomic E-state index is -0.135. The number of thiophene rings is 1. The van der Waals surface area contributed by atoms with Crippen molar-refractivity contribution in [2.75, 3.05) is 11.1 Å². The molecular formula is C14H16N6OS3. The molecule has 0 aliphatic carbocycles. The van der Waals surface area contributed by atoms with E-state index >= 15 is 0 Å². The summed E-state index contributed by atoms with van der Waals surface area (Å²) in [6, 6.07) is 2.13. The Morgan fingerprint density at radius 3 is 2.83 bits per heavy atom. The van der Waals surface area contributed by atoms with Crippen LogP contribution in [0.4, 0.5) is 5.13 Å². The van der Waals surface area contributed by atoms with E-state index in [1.165, 1.54) is 28.0 Å². The second kappa shape index (κ2) is 7.41. The lowest BCUT2D eigenvalue weighted by Crippen LogP contribution is -2.14. The van der Waals surface area contributed by atoms with Gasteiger partial charge in [-0.05, 0) is 19.4 Å². The fraction of sp³-hybridized carbons (Fsp3) is 0.357. The topological polar surface area (TPSA) is 85.6 Å². The maximum absolute atomic E-state index is 12.0. The zero-order valence-corrected chi connectivity index (χ0v) is 15.9. The number of thioether (sulfide) groups is 1. The van der Waals surface area contributed by atoms with Crippen molar-refractivity contribution in [3.63, 3.8) is 0 Å². The number of carbonyl (C=O) groups is 1. The number of aryl methyl sites for hydroxylation is 2. The number of hydrogen-bond acceptors (Lipinski definition) is 8. The largest absolute Gasteiger partial charge is 0.305 e. The summed E-state index contributed by atoms with van der Waals surface area (Å²) in [6.07, 6.45) is 1.01. The Hall–Kier alpha value is -1.78. The molecule has 0 unspecified atom stereocenters. The van der Waals surface area contributed by atoms with Crippen LogP contribution in [0.3, 0.4) is 0 Å². The molecule has 0 radical (unpaired) electrons. The number of nitrogens with one attached hydrogen (secondary N) is 1. The van der Waals surface area contributed by atoms with Crippen LogP contribution in [-0.4, -0.2) is 36.6 Å². The Kier molecular flexibility index (Phi) is 5.27. The van der Waals surface area contributed by atoms with Gasteiger partial charge in [-0.15, -0.1) is 31.7 Å². The second-order valence-corrected chi connectivity index (χ2v) is 8.10. The van der Waals surface area contributed by atoms with Gasteiger partial charge in [-0.1, -0.05) is 30.0 Å². The quantitative estimate of drug-likeness (QED) is 0.662. The van der Waals surface area contributed by atoms with Crippen LogP contribution in [0.15, 0.2) is 16.6 Å².